The van der Waals surface area contributed by atoms with Gasteiger partial charge in [-0.1, -0.05) is 67.6 Å². The highest BCUT2D eigenvalue weighted by molar-refractivity contribution is 5.27. The maximum absolute atomic E-state index is 11.0. The molecule has 0 radical (unpaired) electrons. The zero-order valence-electron chi connectivity index (χ0n) is 11.2. The van der Waals surface area contributed by atoms with E-state index in [0.717, 1.165) is 11.1 Å². The molecule has 2 heteroatoms. The molecule has 19 heavy (non-hydrogen) atoms. The second-order valence-corrected chi connectivity index (χ2v) is 5.04. The molecule has 2 rings (SSSR count). The molecule has 2 N–H and O–H groups in total. The van der Waals surface area contributed by atoms with E-state index in [9.17, 15) is 10.2 Å². The van der Waals surface area contributed by atoms with E-state index < -0.39 is 5.60 Å². The summed E-state index contributed by atoms with van der Waals surface area (Å²) in [7, 11) is 0. The lowest BCUT2D eigenvalue weighted by Gasteiger charge is -2.34. The number of aliphatic hydroxyl groups excluding tert-OH is 1. The molecule has 2 nitrogen and oxygen atoms in total. The van der Waals surface area contributed by atoms with Crippen molar-refractivity contribution in [2.45, 2.75) is 18.9 Å². The van der Waals surface area contributed by atoms with E-state index in [1.165, 1.54) is 0 Å². The van der Waals surface area contributed by atoms with E-state index in [1.807, 2.05) is 67.6 Å². The average molecular weight is 256 g/mol. The van der Waals surface area contributed by atoms with Crippen molar-refractivity contribution >= 4 is 0 Å². The molecule has 0 fully saturated rings. The first-order chi connectivity index (χ1) is 9.16. The summed E-state index contributed by atoms with van der Waals surface area (Å²) in [6.45, 7) is 1.83. The lowest BCUT2D eigenvalue weighted by molar-refractivity contribution is -0.0374. The maximum atomic E-state index is 11.0. The van der Waals surface area contributed by atoms with Crippen LogP contribution in [0.2, 0.25) is 0 Å². The van der Waals surface area contributed by atoms with Gasteiger partial charge < -0.3 is 10.2 Å². The fourth-order valence-corrected chi connectivity index (χ4v) is 2.35. The Kier molecular flexibility index (Phi) is 4.35. The molecule has 2 atom stereocenters. The Morgan fingerprint density at radius 2 is 1.47 bits per heavy atom. The van der Waals surface area contributed by atoms with Crippen LogP contribution in [0.4, 0.5) is 0 Å². The fourth-order valence-electron chi connectivity index (χ4n) is 2.35. The normalized spacial score (nSPS) is 15.7. The number of hydrogen-bond acceptors (Lipinski definition) is 2. The Bertz CT molecular complexity index is 495. The Hall–Kier alpha value is -1.64. The van der Waals surface area contributed by atoms with Crippen molar-refractivity contribution in [1.82, 2.24) is 0 Å². The zero-order valence-corrected chi connectivity index (χ0v) is 11.2. The van der Waals surface area contributed by atoms with Gasteiger partial charge in [0.1, 0.15) is 0 Å². The second-order valence-electron chi connectivity index (χ2n) is 5.04. The van der Waals surface area contributed by atoms with Crippen LogP contribution in [0.5, 0.6) is 0 Å². The monoisotopic (exact) mass is 256 g/mol. The summed E-state index contributed by atoms with van der Waals surface area (Å²) in [5.41, 5.74) is 0.867. The van der Waals surface area contributed by atoms with Crippen LogP contribution in [0, 0.1) is 5.92 Å². The third kappa shape index (κ3) is 3.03. The molecule has 2 aromatic rings. The van der Waals surface area contributed by atoms with Crippen LogP contribution in [-0.2, 0) is 12.0 Å². The number of benzene rings is 2. The minimum atomic E-state index is -1.04. The molecule has 0 aliphatic carbocycles. The van der Waals surface area contributed by atoms with E-state index in [0.29, 0.717) is 6.42 Å². The van der Waals surface area contributed by atoms with Gasteiger partial charge in [-0.05, 0) is 11.1 Å². The summed E-state index contributed by atoms with van der Waals surface area (Å²) in [5.74, 6) is -0.227. The van der Waals surface area contributed by atoms with E-state index in [1.54, 1.807) is 0 Å². The van der Waals surface area contributed by atoms with Crippen LogP contribution < -0.4 is 0 Å². The summed E-state index contributed by atoms with van der Waals surface area (Å²) in [6, 6.07) is 19.5. The summed E-state index contributed by atoms with van der Waals surface area (Å²) in [6.07, 6.45) is 0.500. The van der Waals surface area contributed by atoms with Gasteiger partial charge in [0.2, 0.25) is 0 Å². The van der Waals surface area contributed by atoms with Crippen LogP contribution in [0.3, 0.4) is 0 Å². The molecule has 0 heterocycles. The molecule has 0 spiro atoms. The van der Waals surface area contributed by atoms with Crippen LogP contribution >= 0.6 is 0 Å². The van der Waals surface area contributed by atoms with E-state index in [4.69, 9.17) is 0 Å². The SMILES string of the molecule is C[C@H](CO)[C@@](O)(Cc1ccccc1)c1ccccc1. The first-order valence-electron chi connectivity index (χ1n) is 6.59. The Balaban J connectivity index is 2.36. The third-order valence-corrected chi connectivity index (χ3v) is 3.68. The molecule has 0 bridgehead atoms. The molecule has 100 valence electrons. The smallest absolute Gasteiger partial charge is 0.0983 e. The molecule has 0 unspecified atom stereocenters. The highest BCUT2D eigenvalue weighted by atomic mass is 16.3. The molecule has 2 aromatic carbocycles. The first-order valence-corrected chi connectivity index (χ1v) is 6.59. The molecular formula is C17H20O2. The zero-order chi connectivity index (χ0) is 13.7. The molecule has 0 aliphatic rings. The number of hydrogen-bond donors (Lipinski definition) is 2. The van der Waals surface area contributed by atoms with Gasteiger partial charge >= 0.3 is 0 Å². The van der Waals surface area contributed by atoms with Gasteiger partial charge in [-0.2, -0.15) is 0 Å². The molecule has 0 aromatic heterocycles. The topological polar surface area (TPSA) is 40.5 Å². The second kappa shape index (κ2) is 6.00. The van der Waals surface area contributed by atoms with Crippen LogP contribution in [-0.4, -0.2) is 16.8 Å². The maximum Gasteiger partial charge on any atom is 0.0983 e. The highest BCUT2D eigenvalue weighted by Gasteiger charge is 2.35. The van der Waals surface area contributed by atoms with Gasteiger partial charge in [0.25, 0.3) is 0 Å². The van der Waals surface area contributed by atoms with Gasteiger partial charge in [-0.3, -0.25) is 0 Å². The lowest BCUT2D eigenvalue weighted by Crippen LogP contribution is -2.37. The minimum Gasteiger partial charge on any atom is -0.396 e. The van der Waals surface area contributed by atoms with Crippen LogP contribution in [0.15, 0.2) is 60.7 Å². The lowest BCUT2D eigenvalue weighted by atomic mass is 9.78. The summed E-state index contributed by atoms with van der Waals surface area (Å²) < 4.78 is 0. The van der Waals surface area contributed by atoms with E-state index in [-0.39, 0.29) is 12.5 Å². The predicted octanol–water partition coefficient (Wildman–Crippen LogP) is 2.75. The third-order valence-electron chi connectivity index (χ3n) is 3.68. The fraction of sp³-hybridized carbons (Fsp3) is 0.294. The molecule has 0 amide bonds. The van der Waals surface area contributed by atoms with E-state index >= 15 is 0 Å². The number of aliphatic hydroxyl groups is 2. The first kappa shape index (κ1) is 13.8. The predicted molar refractivity (Wildman–Crippen MR) is 76.7 cm³/mol. The van der Waals surface area contributed by atoms with Gasteiger partial charge in [-0.25, -0.2) is 0 Å². The quantitative estimate of drug-likeness (QED) is 0.863. The summed E-state index contributed by atoms with van der Waals surface area (Å²) in [4.78, 5) is 0. The van der Waals surface area contributed by atoms with Crippen molar-refractivity contribution in [2.75, 3.05) is 6.61 Å². The highest BCUT2D eigenvalue weighted by Crippen LogP contribution is 2.33. The van der Waals surface area contributed by atoms with Crippen molar-refractivity contribution < 1.29 is 10.2 Å². The summed E-state index contributed by atoms with van der Waals surface area (Å²) >= 11 is 0. The summed E-state index contributed by atoms with van der Waals surface area (Å²) in [5, 5.41) is 20.5. The largest absolute Gasteiger partial charge is 0.396 e. The minimum absolute atomic E-state index is 0.0434. The van der Waals surface area contributed by atoms with Gasteiger partial charge in [0, 0.05) is 18.9 Å². The van der Waals surface area contributed by atoms with Gasteiger partial charge in [0.05, 0.1) is 5.60 Å². The van der Waals surface area contributed by atoms with Crippen molar-refractivity contribution in [3.8, 4) is 0 Å². The Morgan fingerprint density at radius 3 is 2.00 bits per heavy atom. The van der Waals surface area contributed by atoms with Crippen LogP contribution in [0.25, 0.3) is 0 Å². The van der Waals surface area contributed by atoms with Crippen molar-refractivity contribution in [3.05, 3.63) is 71.8 Å². The van der Waals surface area contributed by atoms with Crippen molar-refractivity contribution in [2.24, 2.45) is 5.92 Å². The van der Waals surface area contributed by atoms with Crippen LogP contribution in [0.1, 0.15) is 18.1 Å². The molecule has 0 saturated carbocycles. The number of rotatable bonds is 5. The molecular weight excluding hydrogens is 236 g/mol. The van der Waals surface area contributed by atoms with Crippen molar-refractivity contribution in [3.63, 3.8) is 0 Å². The standard InChI is InChI=1S/C17H20O2/c1-14(13-18)17(19,16-10-6-3-7-11-16)12-15-8-4-2-5-9-15/h2-11,14,18-19H,12-13H2,1H3/t14-,17+/m1/s1. The van der Waals surface area contributed by atoms with Gasteiger partial charge in [-0.15, -0.1) is 0 Å². The molecule has 0 saturated heterocycles. The molecule has 0 aliphatic heterocycles. The average Bonchev–Trinajstić information content (AvgIpc) is 2.48. The van der Waals surface area contributed by atoms with E-state index in [2.05, 4.69) is 0 Å². The Labute approximate surface area is 114 Å². The van der Waals surface area contributed by atoms with Crippen molar-refractivity contribution in [1.29, 1.82) is 0 Å². The van der Waals surface area contributed by atoms with Gasteiger partial charge in [0.15, 0.2) is 0 Å². The Morgan fingerprint density at radius 1 is 0.947 bits per heavy atom.